The molecule has 150 valence electrons. The molecule has 3 rings (SSSR count). The summed E-state index contributed by atoms with van der Waals surface area (Å²) in [6.45, 7) is 5.04. The van der Waals surface area contributed by atoms with E-state index in [0.717, 1.165) is 5.56 Å². The summed E-state index contributed by atoms with van der Waals surface area (Å²) in [5.41, 5.74) is 1.65. The number of carbonyl (C=O) groups is 1. The Hall–Kier alpha value is -1.89. The number of nitrogens with one attached hydrogen (secondary N) is 1. The van der Waals surface area contributed by atoms with Crippen molar-refractivity contribution in [1.29, 1.82) is 0 Å². The monoisotopic (exact) mass is 420 g/mol. The molecule has 7 heteroatoms. The first kappa shape index (κ1) is 20.8. The van der Waals surface area contributed by atoms with Gasteiger partial charge < -0.3 is 5.32 Å². The smallest absolute Gasteiger partial charge is 0.243 e. The maximum Gasteiger partial charge on any atom is 0.243 e. The number of nitrogens with zero attached hydrogens (tertiary/aromatic N) is 1. The summed E-state index contributed by atoms with van der Waals surface area (Å²) in [5.74, 6) is -0.0309. The van der Waals surface area contributed by atoms with Crippen molar-refractivity contribution < 1.29 is 13.2 Å². The molecule has 0 spiro atoms. The maximum atomic E-state index is 12.8. The van der Waals surface area contributed by atoms with Crippen molar-refractivity contribution in [2.45, 2.75) is 38.1 Å². The number of sulfonamides is 1. The first-order valence-corrected chi connectivity index (χ1v) is 11.1. The van der Waals surface area contributed by atoms with Crippen LogP contribution in [0.3, 0.4) is 0 Å². The van der Waals surface area contributed by atoms with Crippen LogP contribution in [0.4, 0.5) is 0 Å². The molecule has 2 aromatic carbocycles. The first-order chi connectivity index (χ1) is 13.2. The fourth-order valence-electron chi connectivity index (χ4n) is 3.30. The van der Waals surface area contributed by atoms with Crippen LogP contribution in [-0.4, -0.2) is 31.7 Å². The summed E-state index contributed by atoms with van der Waals surface area (Å²) >= 11 is 5.85. The van der Waals surface area contributed by atoms with Crippen molar-refractivity contribution in [1.82, 2.24) is 9.62 Å². The van der Waals surface area contributed by atoms with Crippen molar-refractivity contribution in [2.75, 3.05) is 13.1 Å². The van der Waals surface area contributed by atoms with E-state index < -0.39 is 15.4 Å². The zero-order chi connectivity index (χ0) is 20.4. The molecule has 2 aromatic rings. The number of amides is 1. The van der Waals surface area contributed by atoms with Gasteiger partial charge >= 0.3 is 0 Å². The van der Waals surface area contributed by atoms with Gasteiger partial charge in [0, 0.05) is 30.1 Å². The van der Waals surface area contributed by atoms with E-state index in [0.29, 0.717) is 37.5 Å². The highest BCUT2D eigenvalue weighted by molar-refractivity contribution is 7.89. The van der Waals surface area contributed by atoms with Gasteiger partial charge in [-0.05, 0) is 49.6 Å². The Kier molecular flexibility index (Phi) is 6.12. The van der Waals surface area contributed by atoms with E-state index in [4.69, 9.17) is 11.6 Å². The molecule has 1 aliphatic heterocycles. The Bertz CT molecular complexity index is 933. The van der Waals surface area contributed by atoms with Gasteiger partial charge in [0.25, 0.3) is 0 Å². The van der Waals surface area contributed by atoms with Gasteiger partial charge in [0.2, 0.25) is 15.9 Å². The molecule has 0 bridgehead atoms. The highest BCUT2D eigenvalue weighted by Gasteiger charge is 2.40. The predicted octanol–water partition coefficient (Wildman–Crippen LogP) is 3.76. The van der Waals surface area contributed by atoms with Crippen molar-refractivity contribution >= 4 is 27.5 Å². The van der Waals surface area contributed by atoms with E-state index in [1.807, 2.05) is 38.1 Å². The number of hydrogen-bond donors (Lipinski definition) is 1. The zero-order valence-corrected chi connectivity index (χ0v) is 17.7. The standard InChI is InChI=1S/C21H25ClN2O3S/c1-16-3-5-17(6-4-16)15-23-20(25)21(2)11-13-24(14-12-21)28(26,27)19-9-7-18(22)8-10-19/h3-10H,11-15H2,1-2H3,(H,23,25). The topological polar surface area (TPSA) is 66.5 Å². The minimum Gasteiger partial charge on any atom is -0.352 e. The van der Waals surface area contributed by atoms with Crippen LogP contribution < -0.4 is 5.32 Å². The molecule has 1 heterocycles. The van der Waals surface area contributed by atoms with Gasteiger partial charge in [-0.1, -0.05) is 48.4 Å². The Labute approximate surface area is 171 Å². The molecular formula is C21H25ClN2O3S. The average Bonchev–Trinajstić information content (AvgIpc) is 2.68. The third-order valence-electron chi connectivity index (χ3n) is 5.40. The summed E-state index contributed by atoms with van der Waals surface area (Å²) in [6.07, 6.45) is 0.971. The van der Waals surface area contributed by atoms with E-state index in [9.17, 15) is 13.2 Å². The third-order valence-corrected chi connectivity index (χ3v) is 7.56. The summed E-state index contributed by atoms with van der Waals surface area (Å²) in [4.78, 5) is 13.0. The van der Waals surface area contributed by atoms with Crippen LogP contribution in [0, 0.1) is 12.3 Å². The van der Waals surface area contributed by atoms with Gasteiger partial charge in [0.05, 0.1) is 4.90 Å². The third kappa shape index (κ3) is 4.57. The molecule has 1 N–H and O–H groups in total. The number of rotatable bonds is 5. The average molecular weight is 421 g/mol. The molecule has 1 amide bonds. The second-order valence-electron chi connectivity index (χ2n) is 7.59. The fourth-order valence-corrected chi connectivity index (χ4v) is 4.87. The van der Waals surface area contributed by atoms with Crippen molar-refractivity contribution in [3.63, 3.8) is 0 Å². The van der Waals surface area contributed by atoms with Crippen LogP contribution in [0.15, 0.2) is 53.4 Å². The number of aryl methyl sites for hydroxylation is 1. The van der Waals surface area contributed by atoms with Gasteiger partial charge in [0.1, 0.15) is 0 Å². The summed E-state index contributed by atoms with van der Waals surface area (Å²) < 4.78 is 27.0. The van der Waals surface area contributed by atoms with Gasteiger partial charge in [-0.2, -0.15) is 4.31 Å². The minimum atomic E-state index is -3.57. The highest BCUT2D eigenvalue weighted by atomic mass is 35.5. The molecule has 28 heavy (non-hydrogen) atoms. The summed E-state index contributed by atoms with van der Waals surface area (Å²) in [6, 6.07) is 14.2. The van der Waals surface area contributed by atoms with Crippen LogP contribution >= 0.6 is 11.6 Å². The van der Waals surface area contributed by atoms with Crippen molar-refractivity contribution in [3.8, 4) is 0 Å². The highest BCUT2D eigenvalue weighted by Crippen LogP contribution is 2.33. The molecule has 0 unspecified atom stereocenters. The molecule has 0 aromatic heterocycles. The molecule has 0 aliphatic carbocycles. The van der Waals surface area contributed by atoms with Crippen LogP contribution in [0.5, 0.6) is 0 Å². The largest absolute Gasteiger partial charge is 0.352 e. The molecule has 1 aliphatic rings. The normalized spacial score (nSPS) is 17.2. The minimum absolute atomic E-state index is 0.0309. The molecule has 0 radical (unpaired) electrons. The SMILES string of the molecule is Cc1ccc(CNC(=O)C2(C)CCN(S(=O)(=O)c3ccc(Cl)cc3)CC2)cc1. The molecule has 1 fully saturated rings. The number of halogens is 1. The lowest BCUT2D eigenvalue weighted by Crippen LogP contribution is -2.48. The zero-order valence-electron chi connectivity index (χ0n) is 16.1. The van der Waals surface area contributed by atoms with E-state index in [2.05, 4.69) is 5.32 Å². The van der Waals surface area contributed by atoms with Crippen LogP contribution in [-0.2, 0) is 21.4 Å². The van der Waals surface area contributed by atoms with Gasteiger partial charge in [-0.15, -0.1) is 0 Å². The molecule has 0 atom stereocenters. The molecular weight excluding hydrogens is 396 g/mol. The summed E-state index contributed by atoms with van der Waals surface area (Å²) in [5, 5.41) is 3.49. The molecule has 1 saturated heterocycles. The van der Waals surface area contributed by atoms with Crippen LogP contribution in [0.25, 0.3) is 0 Å². The Morgan fingerprint density at radius 1 is 1.07 bits per heavy atom. The molecule has 0 saturated carbocycles. The van der Waals surface area contributed by atoms with Crippen molar-refractivity contribution in [3.05, 3.63) is 64.7 Å². The fraction of sp³-hybridized carbons (Fsp3) is 0.381. The number of piperidine rings is 1. The lowest BCUT2D eigenvalue weighted by molar-refractivity contribution is -0.132. The quantitative estimate of drug-likeness (QED) is 0.800. The van der Waals surface area contributed by atoms with Crippen LogP contribution in [0.1, 0.15) is 30.9 Å². The Morgan fingerprint density at radius 2 is 1.64 bits per heavy atom. The predicted molar refractivity (Wildman–Crippen MR) is 111 cm³/mol. The maximum absolute atomic E-state index is 12.8. The lowest BCUT2D eigenvalue weighted by atomic mass is 9.80. The van der Waals surface area contributed by atoms with E-state index >= 15 is 0 Å². The number of benzene rings is 2. The first-order valence-electron chi connectivity index (χ1n) is 9.30. The second-order valence-corrected chi connectivity index (χ2v) is 9.96. The van der Waals surface area contributed by atoms with E-state index in [1.54, 1.807) is 12.1 Å². The Balaban J connectivity index is 1.60. The van der Waals surface area contributed by atoms with Gasteiger partial charge in [-0.3, -0.25) is 4.79 Å². The van der Waals surface area contributed by atoms with E-state index in [-0.39, 0.29) is 10.8 Å². The van der Waals surface area contributed by atoms with Crippen LogP contribution in [0.2, 0.25) is 5.02 Å². The summed E-state index contributed by atoms with van der Waals surface area (Å²) in [7, 11) is -3.57. The van der Waals surface area contributed by atoms with E-state index in [1.165, 1.54) is 22.0 Å². The van der Waals surface area contributed by atoms with Gasteiger partial charge in [0.15, 0.2) is 0 Å². The number of hydrogen-bond acceptors (Lipinski definition) is 3. The lowest BCUT2D eigenvalue weighted by Gasteiger charge is -2.37. The van der Waals surface area contributed by atoms with Crippen molar-refractivity contribution in [2.24, 2.45) is 5.41 Å². The number of carbonyl (C=O) groups excluding carboxylic acids is 1. The second kappa shape index (κ2) is 8.23. The van der Waals surface area contributed by atoms with Gasteiger partial charge in [-0.25, -0.2) is 8.42 Å². The molecule has 5 nitrogen and oxygen atoms in total. The Morgan fingerprint density at radius 3 is 2.21 bits per heavy atom.